The van der Waals surface area contributed by atoms with Crippen LogP contribution in [0.2, 0.25) is 0 Å². The van der Waals surface area contributed by atoms with Gasteiger partial charge in [0.25, 0.3) is 0 Å². The minimum absolute atomic E-state index is 0.172. The van der Waals surface area contributed by atoms with Crippen molar-refractivity contribution < 1.29 is 14.3 Å². The van der Waals surface area contributed by atoms with E-state index < -0.39 is 11.9 Å². The topological polar surface area (TPSA) is 94.9 Å². The van der Waals surface area contributed by atoms with Gasteiger partial charge in [0, 0.05) is 24.8 Å². The predicted molar refractivity (Wildman–Crippen MR) is 106 cm³/mol. The molecule has 0 spiro atoms. The second kappa shape index (κ2) is 10.0. The average Bonchev–Trinajstić information content (AvgIpc) is 3.06. The van der Waals surface area contributed by atoms with Gasteiger partial charge in [-0.05, 0) is 19.4 Å². The molecule has 140 valence electrons. The van der Waals surface area contributed by atoms with Crippen molar-refractivity contribution in [2.45, 2.75) is 13.8 Å². The zero-order valence-corrected chi connectivity index (χ0v) is 17.2. The van der Waals surface area contributed by atoms with E-state index in [0.29, 0.717) is 0 Å². The number of carbonyl (C=O) groups excluding carboxylic acids is 2. The summed E-state index contributed by atoms with van der Waals surface area (Å²) in [5.41, 5.74) is 2.23. The highest BCUT2D eigenvalue weighted by atomic mass is 32.9. The van der Waals surface area contributed by atoms with E-state index in [9.17, 15) is 9.59 Å². The van der Waals surface area contributed by atoms with Crippen LogP contribution in [0.4, 0.5) is 0 Å². The van der Waals surface area contributed by atoms with Gasteiger partial charge in [-0.25, -0.2) is 4.98 Å². The van der Waals surface area contributed by atoms with Gasteiger partial charge in [0.2, 0.25) is 0 Å². The van der Waals surface area contributed by atoms with Gasteiger partial charge in [-0.3, -0.25) is 24.5 Å². The predicted octanol–water partition coefficient (Wildman–Crippen LogP) is 3.77. The molecule has 0 N–H and O–H groups in total. The van der Waals surface area contributed by atoms with Crippen LogP contribution in [-0.4, -0.2) is 38.8 Å². The number of aromatic nitrogens is 4. The Hall–Kier alpha value is -2.43. The SMILES string of the molecule is COC(=O)C(C)C(=O)c1cnccn1.Cc1c(-c2cnccn2)ssc1=S. The largest absolute Gasteiger partial charge is 0.468 e. The Morgan fingerprint density at radius 3 is 2.22 bits per heavy atom. The van der Waals surface area contributed by atoms with Crippen LogP contribution >= 0.6 is 32.9 Å². The number of hydrogen-bond acceptors (Lipinski definition) is 10. The van der Waals surface area contributed by atoms with E-state index in [0.717, 1.165) is 20.0 Å². The minimum Gasteiger partial charge on any atom is -0.468 e. The third-order valence-electron chi connectivity index (χ3n) is 3.41. The molecule has 7 nitrogen and oxygen atoms in total. The summed E-state index contributed by atoms with van der Waals surface area (Å²) in [4.78, 5) is 39.5. The van der Waals surface area contributed by atoms with Crippen LogP contribution in [0.25, 0.3) is 10.6 Å². The molecule has 3 heterocycles. The van der Waals surface area contributed by atoms with Crippen LogP contribution in [0, 0.1) is 16.7 Å². The second-order valence-electron chi connectivity index (χ2n) is 5.20. The molecular formula is C17H16N4O3S3. The summed E-state index contributed by atoms with van der Waals surface area (Å²) in [6.45, 7) is 3.50. The van der Waals surface area contributed by atoms with Crippen molar-refractivity contribution in [2.24, 2.45) is 5.92 Å². The molecule has 0 fully saturated rings. The number of Topliss-reactive ketones (excluding diaryl/α,β-unsaturated/α-hetero) is 1. The van der Waals surface area contributed by atoms with Crippen LogP contribution in [0.15, 0.2) is 37.2 Å². The lowest BCUT2D eigenvalue weighted by molar-refractivity contribution is -0.143. The summed E-state index contributed by atoms with van der Waals surface area (Å²) in [5, 5.41) is 0. The first-order valence-electron chi connectivity index (χ1n) is 7.69. The van der Waals surface area contributed by atoms with Crippen LogP contribution < -0.4 is 0 Å². The molecular weight excluding hydrogens is 404 g/mol. The molecule has 0 saturated heterocycles. The smallest absolute Gasteiger partial charge is 0.316 e. The molecule has 10 heteroatoms. The normalized spacial score (nSPS) is 11.1. The van der Waals surface area contributed by atoms with Crippen LogP contribution in [0.5, 0.6) is 0 Å². The van der Waals surface area contributed by atoms with Crippen molar-refractivity contribution in [1.82, 2.24) is 19.9 Å². The third-order valence-corrected chi connectivity index (χ3v) is 6.75. The molecule has 0 radical (unpaired) electrons. The third kappa shape index (κ3) is 5.52. The number of ketones is 1. The molecule has 3 aromatic heterocycles. The van der Waals surface area contributed by atoms with Gasteiger partial charge in [0.15, 0.2) is 5.78 Å². The molecule has 1 atom stereocenters. The summed E-state index contributed by atoms with van der Waals surface area (Å²) in [5.74, 6) is -1.79. The minimum atomic E-state index is -0.836. The summed E-state index contributed by atoms with van der Waals surface area (Å²) < 4.78 is 5.40. The van der Waals surface area contributed by atoms with E-state index in [2.05, 4.69) is 24.7 Å². The van der Waals surface area contributed by atoms with Crippen molar-refractivity contribution in [2.75, 3.05) is 7.11 Å². The molecule has 27 heavy (non-hydrogen) atoms. The number of carbonyl (C=O) groups is 2. The number of rotatable bonds is 4. The first-order chi connectivity index (χ1) is 13.0. The van der Waals surface area contributed by atoms with Crippen molar-refractivity contribution in [1.29, 1.82) is 0 Å². The van der Waals surface area contributed by atoms with E-state index in [-0.39, 0.29) is 11.5 Å². The maximum atomic E-state index is 11.5. The number of hydrogen-bond donors (Lipinski definition) is 0. The van der Waals surface area contributed by atoms with Crippen LogP contribution in [-0.2, 0) is 9.53 Å². The van der Waals surface area contributed by atoms with Gasteiger partial charge in [-0.2, -0.15) is 0 Å². The summed E-state index contributed by atoms with van der Waals surface area (Å²) in [7, 11) is 4.52. The van der Waals surface area contributed by atoms with Gasteiger partial charge < -0.3 is 4.74 Å². The fourth-order valence-corrected chi connectivity index (χ4v) is 4.70. The van der Waals surface area contributed by atoms with Gasteiger partial charge in [-0.15, -0.1) is 0 Å². The highest BCUT2D eigenvalue weighted by Crippen LogP contribution is 2.31. The molecule has 0 aliphatic rings. The Bertz CT molecular complexity index is 958. The van der Waals surface area contributed by atoms with Crippen molar-refractivity contribution in [3.8, 4) is 10.6 Å². The number of methoxy groups -OCH3 is 1. The van der Waals surface area contributed by atoms with Crippen molar-refractivity contribution >= 4 is 44.7 Å². The maximum absolute atomic E-state index is 11.5. The Morgan fingerprint density at radius 2 is 1.74 bits per heavy atom. The fourth-order valence-electron chi connectivity index (χ4n) is 1.88. The zero-order chi connectivity index (χ0) is 19.8. The highest BCUT2D eigenvalue weighted by molar-refractivity contribution is 7.80. The number of esters is 1. The van der Waals surface area contributed by atoms with E-state index in [4.69, 9.17) is 12.2 Å². The maximum Gasteiger partial charge on any atom is 0.316 e. The molecule has 0 amide bonds. The summed E-state index contributed by atoms with van der Waals surface area (Å²) in [6, 6.07) is 0. The van der Waals surface area contributed by atoms with Gasteiger partial charge >= 0.3 is 5.97 Å². The summed E-state index contributed by atoms with van der Waals surface area (Å²) >= 11 is 5.15. The lowest BCUT2D eigenvalue weighted by Gasteiger charge is -2.06. The average molecular weight is 421 g/mol. The van der Waals surface area contributed by atoms with Gasteiger partial charge in [0.1, 0.15) is 15.4 Å². The van der Waals surface area contributed by atoms with Crippen LogP contribution in [0.3, 0.4) is 0 Å². The van der Waals surface area contributed by atoms with Crippen molar-refractivity contribution in [3.63, 3.8) is 0 Å². The Balaban J connectivity index is 0.000000194. The van der Waals surface area contributed by atoms with E-state index in [1.54, 1.807) is 39.3 Å². The Kier molecular flexibility index (Phi) is 7.77. The van der Waals surface area contributed by atoms with Crippen molar-refractivity contribution in [3.05, 3.63) is 52.3 Å². The highest BCUT2D eigenvalue weighted by Gasteiger charge is 2.24. The molecule has 3 rings (SSSR count). The molecule has 1 unspecified atom stereocenters. The molecule has 0 aliphatic heterocycles. The first kappa shape index (κ1) is 20.9. The molecule has 0 aliphatic carbocycles. The lowest BCUT2D eigenvalue weighted by Crippen LogP contribution is -2.23. The molecule has 0 saturated carbocycles. The molecule has 3 aromatic rings. The molecule has 0 aromatic carbocycles. The number of ether oxygens (including phenoxy) is 1. The standard InChI is InChI=1S/C9H10N2O3.C8H6N2S3/c1-6(9(13)14-2)8(12)7-5-10-3-4-11-7;1-5-7(12-13-8(5)11)6-4-9-2-3-10-6/h3-6H,1-2H3;2-4H,1H3. The van der Waals surface area contributed by atoms with Gasteiger partial charge in [0.05, 0.1) is 30.1 Å². The Labute approximate surface area is 168 Å². The molecule has 0 bridgehead atoms. The fraction of sp³-hybridized carbons (Fsp3) is 0.235. The van der Waals surface area contributed by atoms with E-state index >= 15 is 0 Å². The zero-order valence-electron chi connectivity index (χ0n) is 14.8. The quantitative estimate of drug-likeness (QED) is 0.207. The van der Waals surface area contributed by atoms with Crippen LogP contribution in [0.1, 0.15) is 23.0 Å². The first-order valence-corrected chi connectivity index (χ1v) is 10.3. The lowest BCUT2D eigenvalue weighted by atomic mass is 10.0. The van der Waals surface area contributed by atoms with Gasteiger partial charge in [-0.1, -0.05) is 32.9 Å². The Morgan fingerprint density at radius 1 is 1.07 bits per heavy atom. The summed E-state index contributed by atoms with van der Waals surface area (Å²) in [6.07, 6.45) is 9.31. The monoisotopic (exact) mass is 420 g/mol. The number of nitrogens with zero attached hydrogens (tertiary/aromatic N) is 4. The van der Waals surface area contributed by atoms with E-state index in [1.807, 2.05) is 6.92 Å². The van der Waals surface area contributed by atoms with E-state index in [1.165, 1.54) is 32.6 Å². The second-order valence-corrected chi connectivity index (χ2v) is 8.02.